The number of carbonyl (C=O) groups is 1. The summed E-state index contributed by atoms with van der Waals surface area (Å²) in [5.74, 6) is 1.37. The molecule has 0 heterocycles. The van der Waals surface area contributed by atoms with Gasteiger partial charge in [0, 0.05) is 18.7 Å². The number of hydrogen-bond acceptors (Lipinski definition) is 5. The van der Waals surface area contributed by atoms with Crippen LogP contribution in [0, 0.1) is 0 Å². The van der Waals surface area contributed by atoms with Crippen LogP contribution in [-0.2, 0) is 0 Å². The minimum atomic E-state index is -0.785. The molecule has 0 bridgehead atoms. The quantitative estimate of drug-likeness (QED) is 0.746. The molecule has 1 saturated carbocycles. The van der Waals surface area contributed by atoms with Gasteiger partial charge in [-0.25, -0.2) is 4.79 Å². The SMILES string of the molecule is COc1cc(NC(=O)NCC2(O)CCCC2)cc(OC)c1OC. The molecule has 1 fully saturated rings. The van der Waals surface area contributed by atoms with Crippen molar-refractivity contribution in [3.05, 3.63) is 12.1 Å². The fraction of sp³-hybridized carbons (Fsp3) is 0.562. The van der Waals surface area contributed by atoms with Gasteiger partial charge in [-0.05, 0) is 12.8 Å². The number of methoxy groups -OCH3 is 3. The van der Waals surface area contributed by atoms with Gasteiger partial charge in [-0.3, -0.25) is 0 Å². The highest BCUT2D eigenvalue weighted by molar-refractivity contribution is 5.90. The smallest absolute Gasteiger partial charge is 0.319 e. The molecule has 2 amide bonds. The molecule has 23 heavy (non-hydrogen) atoms. The average Bonchev–Trinajstić information content (AvgIpc) is 2.99. The lowest BCUT2D eigenvalue weighted by Crippen LogP contribution is -2.42. The normalized spacial score (nSPS) is 15.8. The fourth-order valence-corrected chi connectivity index (χ4v) is 2.78. The number of rotatable bonds is 6. The van der Waals surface area contributed by atoms with E-state index < -0.39 is 5.60 Å². The van der Waals surface area contributed by atoms with Gasteiger partial charge in [-0.15, -0.1) is 0 Å². The topological polar surface area (TPSA) is 89.1 Å². The van der Waals surface area contributed by atoms with Gasteiger partial charge < -0.3 is 30.0 Å². The van der Waals surface area contributed by atoms with E-state index in [1.807, 2.05) is 0 Å². The lowest BCUT2D eigenvalue weighted by Gasteiger charge is -2.22. The zero-order valence-corrected chi connectivity index (χ0v) is 13.8. The summed E-state index contributed by atoms with van der Waals surface area (Å²) in [4.78, 5) is 12.0. The summed E-state index contributed by atoms with van der Waals surface area (Å²) in [6, 6.07) is 2.90. The highest BCUT2D eigenvalue weighted by atomic mass is 16.5. The third-order valence-electron chi connectivity index (χ3n) is 4.03. The molecular formula is C16H24N2O5. The second-order valence-corrected chi connectivity index (χ2v) is 5.65. The van der Waals surface area contributed by atoms with E-state index in [1.165, 1.54) is 21.3 Å². The Balaban J connectivity index is 2.02. The van der Waals surface area contributed by atoms with Gasteiger partial charge in [-0.2, -0.15) is 0 Å². The Bertz CT molecular complexity index is 530. The van der Waals surface area contributed by atoms with E-state index in [1.54, 1.807) is 12.1 Å². The van der Waals surface area contributed by atoms with Crippen molar-refractivity contribution in [2.24, 2.45) is 0 Å². The van der Waals surface area contributed by atoms with Crippen LogP contribution in [0.4, 0.5) is 10.5 Å². The monoisotopic (exact) mass is 324 g/mol. The first-order valence-corrected chi connectivity index (χ1v) is 7.58. The van der Waals surface area contributed by atoms with Gasteiger partial charge >= 0.3 is 6.03 Å². The standard InChI is InChI=1S/C16H24N2O5/c1-21-12-8-11(9-13(22-2)14(12)23-3)18-15(19)17-10-16(20)6-4-5-7-16/h8-9,20H,4-7,10H2,1-3H3,(H2,17,18,19). The van der Waals surface area contributed by atoms with E-state index in [4.69, 9.17) is 14.2 Å². The van der Waals surface area contributed by atoms with Crippen LogP contribution in [0.15, 0.2) is 12.1 Å². The van der Waals surface area contributed by atoms with Crippen molar-refractivity contribution in [2.75, 3.05) is 33.2 Å². The molecule has 0 unspecified atom stereocenters. The van der Waals surface area contributed by atoms with Gasteiger partial charge in [0.05, 0.1) is 32.6 Å². The molecule has 128 valence electrons. The average molecular weight is 324 g/mol. The van der Waals surface area contributed by atoms with Crippen LogP contribution < -0.4 is 24.8 Å². The molecule has 0 saturated heterocycles. The van der Waals surface area contributed by atoms with Gasteiger partial charge in [0.2, 0.25) is 5.75 Å². The predicted octanol–water partition coefficient (Wildman–Crippen LogP) is 2.14. The number of amides is 2. The summed E-state index contributed by atoms with van der Waals surface area (Å²) in [6.45, 7) is 0.239. The van der Waals surface area contributed by atoms with Crippen molar-refractivity contribution in [1.29, 1.82) is 0 Å². The molecule has 0 aliphatic heterocycles. The molecule has 7 heteroatoms. The highest BCUT2D eigenvalue weighted by Crippen LogP contribution is 2.39. The van der Waals surface area contributed by atoms with E-state index in [2.05, 4.69) is 10.6 Å². The van der Waals surface area contributed by atoms with E-state index in [0.29, 0.717) is 22.9 Å². The van der Waals surface area contributed by atoms with Crippen LogP contribution in [0.2, 0.25) is 0 Å². The van der Waals surface area contributed by atoms with E-state index in [-0.39, 0.29) is 12.6 Å². The van der Waals surface area contributed by atoms with Crippen LogP contribution in [0.1, 0.15) is 25.7 Å². The maximum absolute atomic E-state index is 12.0. The number of ether oxygens (including phenoxy) is 3. The summed E-state index contributed by atoms with van der Waals surface area (Å²) in [5.41, 5.74) is -0.275. The molecular weight excluding hydrogens is 300 g/mol. The van der Waals surface area contributed by atoms with Crippen molar-refractivity contribution < 1.29 is 24.1 Å². The number of urea groups is 1. The Morgan fingerprint density at radius 3 is 2.17 bits per heavy atom. The molecule has 1 aromatic carbocycles. The van der Waals surface area contributed by atoms with Crippen molar-refractivity contribution in [1.82, 2.24) is 5.32 Å². The van der Waals surface area contributed by atoms with Crippen molar-refractivity contribution in [3.63, 3.8) is 0 Å². The van der Waals surface area contributed by atoms with Crippen molar-refractivity contribution >= 4 is 11.7 Å². The van der Waals surface area contributed by atoms with E-state index >= 15 is 0 Å². The Morgan fingerprint density at radius 1 is 1.13 bits per heavy atom. The third kappa shape index (κ3) is 4.19. The Kier molecular flexibility index (Phi) is 5.54. The highest BCUT2D eigenvalue weighted by Gasteiger charge is 2.31. The van der Waals surface area contributed by atoms with Gasteiger partial charge in [0.15, 0.2) is 11.5 Å². The van der Waals surface area contributed by atoms with Gasteiger partial charge in [-0.1, -0.05) is 12.8 Å². The largest absolute Gasteiger partial charge is 0.493 e. The Morgan fingerprint density at radius 2 is 1.70 bits per heavy atom. The first kappa shape index (κ1) is 17.2. The first-order valence-electron chi connectivity index (χ1n) is 7.58. The lowest BCUT2D eigenvalue weighted by atomic mass is 10.0. The molecule has 0 aromatic heterocycles. The predicted molar refractivity (Wildman–Crippen MR) is 86.5 cm³/mol. The summed E-state index contributed by atoms with van der Waals surface area (Å²) >= 11 is 0. The molecule has 0 atom stereocenters. The second-order valence-electron chi connectivity index (χ2n) is 5.65. The summed E-state index contributed by atoms with van der Waals surface area (Å²) in [5, 5.41) is 15.7. The summed E-state index contributed by atoms with van der Waals surface area (Å²) in [6.07, 6.45) is 3.42. The maximum atomic E-state index is 12.0. The number of benzene rings is 1. The number of carbonyl (C=O) groups excluding carboxylic acids is 1. The van der Waals surface area contributed by atoms with Crippen molar-refractivity contribution in [2.45, 2.75) is 31.3 Å². The first-order chi connectivity index (χ1) is 11.0. The minimum absolute atomic E-state index is 0.239. The minimum Gasteiger partial charge on any atom is -0.493 e. The Hall–Kier alpha value is -2.15. The second kappa shape index (κ2) is 7.41. The zero-order chi connectivity index (χ0) is 16.9. The maximum Gasteiger partial charge on any atom is 0.319 e. The molecule has 0 radical (unpaired) electrons. The van der Waals surface area contributed by atoms with Crippen LogP contribution in [-0.4, -0.2) is 44.6 Å². The molecule has 2 rings (SSSR count). The van der Waals surface area contributed by atoms with Crippen LogP contribution in [0.25, 0.3) is 0 Å². The molecule has 1 aromatic rings. The van der Waals surface area contributed by atoms with Crippen molar-refractivity contribution in [3.8, 4) is 17.2 Å². The van der Waals surface area contributed by atoms with Crippen LogP contribution in [0.5, 0.6) is 17.2 Å². The number of hydrogen-bond donors (Lipinski definition) is 3. The van der Waals surface area contributed by atoms with E-state index in [0.717, 1.165) is 25.7 Å². The number of aliphatic hydroxyl groups is 1. The molecule has 7 nitrogen and oxygen atoms in total. The lowest BCUT2D eigenvalue weighted by molar-refractivity contribution is 0.0506. The van der Waals surface area contributed by atoms with Crippen LogP contribution in [0.3, 0.4) is 0 Å². The molecule has 0 spiro atoms. The Labute approximate surface area is 135 Å². The fourth-order valence-electron chi connectivity index (χ4n) is 2.78. The van der Waals surface area contributed by atoms with Gasteiger partial charge in [0.25, 0.3) is 0 Å². The number of anilines is 1. The summed E-state index contributed by atoms with van der Waals surface area (Å²) in [7, 11) is 4.54. The summed E-state index contributed by atoms with van der Waals surface area (Å²) < 4.78 is 15.7. The third-order valence-corrected chi connectivity index (χ3v) is 4.03. The molecule has 1 aliphatic rings. The van der Waals surface area contributed by atoms with E-state index in [9.17, 15) is 9.90 Å². The molecule has 1 aliphatic carbocycles. The van der Waals surface area contributed by atoms with Gasteiger partial charge in [0.1, 0.15) is 0 Å². The number of nitrogens with one attached hydrogen (secondary N) is 2. The molecule has 3 N–H and O–H groups in total. The zero-order valence-electron chi connectivity index (χ0n) is 13.8. The van der Waals surface area contributed by atoms with Crippen LogP contribution >= 0.6 is 0 Å².